The molecule has 0 saturated heterocycles. The summed E-state index contributed by atoms with van der Waals surface area (Å²) in [6, 6.07) is 4.70. The number of carbonyl (C=O) groups excluding carboxylic acids is 2. The highest BCUT2D eigenvalue weighted by molar-refractivity contribution is 6.33. The molecule has 1 atom stereocenters. The number of nitrogens with one attached hydrogen (secondary N) is 1. The van der Waals surface area contributed by atoms with Crippen LogP contribution in [-0.2, 0) is 9.59 Å². The molecule has 0 heterocycles. The third-order valence-corrected chi connectivity index (χ3v) is 4.92. The van der Waals surface area contributed by atoms with Crippen molar-refractivity contribution in [2.24, 2.45) is 10.2 Å². The van der Waals surface area contributed by atoms with E-state index in [1.54, 1.807) is 26.0 Å². The van der Waals surface area contributed by atoms with Gasteiger partial charge in [0, 0.05) is 17.8 Å². The molecule has 0 aromatic heterocycles. The van der Waals surface area contributed by atoms with Crippen LogP contribution in [0.15, 0.2) is 34.5 Å². The zero-order valence-electron chi connectivity index (χ0n) is 18.9. The lowest BCUT2D eigenvalue weighted by Crippen LogP contribution is -2.31. The van der Waals surface area contributed by atoms with Crippen molar-refractivity contribution in [3.8, 4) is 23.0 Å². The van der Waals surface area contributed by atoms with Gasteiger partial charge in [0.2, 0.25) is 6.04 Å². The minimum Gasteiger partial charge on any atom is -0.495 e. The molecule has 178 valence electrons. The van der Waals surface area contributed by atoms with Crippen LogP contribution in [0, 0.1) is 0 Å². The fourth-order valence-electron chi connectivity index (χ4n) is 2.76. The van der Waals surface area contributed by atoms with Crippen molar-refractivity contribution >= 4 is 46.3 Å². The van der Waals surface area contributed by atoms with Crippen molar-refractivity contribution in [1.82, 2.24) is 0 Å². The normalized spacial score (nSPS) is 11.7. The van der Waals surface area contributed by atoms with Crippen LogP contribution in [0.4, 0.5) is 11.4 Å². The van der Waals surface area contributed by atoms with Gasteiger partial charge in [-0.05, 0) is 32.9 Å². The standard InChI is InChI=1S/C22H25Cl2N3O6/c1-6-32-20-14(23)8-9-15(21(20)33-7-2)26-27-19(12(3)28)22(29)25-13-10-16(30-4)18(24)17(11-13)31-5/h8-11,19H,6-7H2,1-5H3,(H,25,29). The molecule has 0 aliphatic carbocycles. The number of azo groups is 1. The molecule has 0 spiro atoms. The number of hydrogen-bond acceptors (Lipinski definition) is 8. The van der Waals surface area contributed by atoms with Crippen LogP contribution in [-0.4, -0.2) is 45.2 Å². The maximum Gasteiger partial charge on any atom is 0.258 e. The average molecular weight is 498 g/mol. The van der Waals surface area contributed by atoms with E-state index >= 15 is 0 Å². The molecule has 9 nitrogen and oxygen atoms in total. The molecular formula is C22H25Cl2N3O6. The number of rotatable bonds is 11. The van der Waals surface area contributed by atoms with Crippen molar-refractivity contribution in [3.63, 3.8) is 0 Å². The summed E-state index contributed by atoms with van der Waals surface area (Å²) in [5, 5.41) is 11.2. The number of ether oxygens (including phenoxy) is 4. The Morgan fingerprint density at radius 1 is 1.00 bits per heavy atom. The van der Waals surface area contributed by atoms with Crippen LogP contribution >= 0.6 is 23.2 Å². The van der Waals surface area contributed by atoms with Gasteiger partial charge in [-0.3, -0.25) is 9.59 Å². The SMILES string of the molecule is CCOc1c(Cl)ccc(N=NC(C(C)=O)C(=O)Nc2cc(OC)c(Cl)c(OC)c2)c1OCC. The first-order chi connectivity index (χ1) is 15.8. The molecule has 0 saturated carbocycles. The summed E-state index contributed by atoms with van der Waals surface area (Å²) >= 11 is 12.4. The Morgan fingerprint density at radius 3 is 2.09 bits per heavy atom. The number of benzene rings is 2. The first kappa shape index (κ1) is 26.2. The van der Waals surface area contributed by atoms with Gasteiger partial charge in [0.1, 0.15) is 22.2 Å². The molecule has 2 aromatic carbocycles. The maximum absolute atomic E-state index is 12.8. The van der Waals surface area contributed by atoms with E-state index in [4.69, 9.17) is 42.1 Å². The van der Waals surface area contributed by atoms with Gasteiger partial charge in [-0.2, -0.15) is 10.2 Å². The smallest absolute Gasteiger partial charge is 0.258 e. The number of methoxy groups -OCH3 is 2. The molecule has 2 aromatic rings. The highest BCUT2D eigenvalue weighted by Gasteiger charge is 2.25. The molecule has 33 heavy (non-hydrogen) atoms. The van der Waals surface area contributed by atoms with E-state index in [9.17, 15) is 9.59 Å². The first-order valence-electron chi connectivity index (χ1n) is 9.99. The highest BCUT2D eigenvalue weighted by Crippen LogP contribution is 2.43. The maximum atomic E-state index is 12.8. The van der Waals surface area contributed by atoms with Crippen molar-refractivity contribution in [3.05, 3.63) is 34.3 Å². The van der Waals surface area contributed by atoms with Gasteiger partial charge in [0.25, 0.3) is 5.91 Å². The lowest BCUT2D eigenvalue weighted by Gasteiger charge is -2.15. The molecule has 11 heteroatoms. The van der Waals surface area contributed by atoms with Gasteiger partial charge in [-0.15, -0.1) is 0 Å². The number of hydrogen-bond donors (Lipinski definition) is 1. The lowest BCUT2D eigenvalue weighted by molar-refractivity contribution is -0.126. The zero-order valence-corrected chi connectivity index (χ0v) is 20.4. The Labute approximate surface area is 202 Å². The predicted octanol–water partition coefficient (Wildman–Crippen LogP) is 5.49. The van der Waals surface area contributed by atoms with Crippen molar-refractivity contribution < 1.29 is 28.5 Å². The Hall–Kier alpha value is -3.04. The largest absolute Gasteiger partial charge is 0.495 e. The van der Waals surface area contributed by atoms with E-state index in [1.807, 2.05) is 0 Å². The van der Waals surface area contributed by atoms with Gasteiger partial charge < -0.3 is 24.3 Å². The summed E-state index contributed by atoms with van der Waals surface area (Å²) in [7, 11) is 2.86. The third-order valence-electron chi connectivity index (χ3n) is 4.25. The quantitative estimate of drug-likeness (QED) is 0.324. The summed E-state index contributed by atoms with van der Waals surface area (Å²) in [6.07, 6.45) is 0. The summed E-state index contributed by atoms with van der Waals surface area (Å²) in [4.78, 5) is 25.0. The first-order valence-corrected chi connectivity index (χ1v) is 10.7. The van der Waals surface area contributed by atoms with Crippen molar-refractivity contribution in [2.45, 2.75) is 26.8 Å². The molecule has 0 aliphatic heterocycles. The second-order valence-corrected chi connectivity index (χ2v) is 7.29. The molecule has 0 bridgehead atoms. The van der Waals surface area contributed by atoms with Gasteiger partial charge in [-0.1, -0.05) is 23.2 Å². The number of amides is 1. The van der Waals surface area contributed by atoms with E-state index in [0.717, 1.165) is 0 Å². The summed E-state index contributed by atoms with van der Waals surface area (Å²) in [5.41, 5.74) is 0.568. The molecule has 1 unspecified atom stereocenters. The van der Waals surface area contributed by atoms with Crippen molar-refractivity contribution in [1.29, 1.82) is 0 Å². The Bertz CT molecular complexity index is 1020. The van der Waals surface area contributed by atoms with E-state index in [1.165, 1.54) is 33.3 Å². The van der Waals surface area contributed by atoms with Gasteiger partial charge in [-0.25, -0.2) is 0 Å². The van der Waals surface area contributed by atoms with Gasteiger partial charge in [0.05, 0.1) is 32.5 Å². The highest BCUT2D eigenvalue weighted by atomic mass is 35.5. The molecular weight excluding hydrogens is 473 g/mol. The molecule has 0 fully saturated rings. The monoisotopic (exact) mass is 497 g/mol. The average Bonchev–Trinajstić information content (AvgIpc) is 2.78. The number of carbonyl (C=O) groups is 2. The molecule has 1 amide bonds. The number of Topliss-reactive ketones (excluding diaryl/α,β-unsaturated/α-hetero) is 1. The second kappa shape index (κ2) is 12.3. The van der Waals surface area contributed by atoms with Crippen LogP contribution in [0.25, 0.3) is 0 Å². The summed E-state index contributed by atoms with van der Waals surface area (Å²) in [5.74, 6) is -0.0561. The Balaban J connectivity index is 2.36. The van der Waals surface area contributed by atoms with Gasteiger partial charge >= 0.3 is 0 Å². The summed E-state index contributed by atoms with van der Waals surface area (Å²) in [6.45, 7) is 5.51. The lowest BCUT2D eigenvalue weighted by atomic mass is 10.2. The minimum absolute atomic E-state index is 0.247. The second-order valence-electron chi connectivity index (χ2n) is 6.50. The minimum atomic E-state index is -1.42. The Kier molecular flexibility index (Phi) is 9.74. The van der Waals surface area contributed by atoms with Crippen molar-refractivity contribution in [2.75, 3.05) is 32.8 Å². The Morgan fingerprint density at radius 2 is 1.58 bits per heavy atom. The fourth-order valence-corrected chi connectivity index (χ4v) is 3.23. The summed E-state index contributed by atoms with van der Waals surface area (Å²) < 4.78 is 21.6. The topological polar surface area (TPSA) is 108 Å². The van der Waals surface area contributed by atoms with Crippen LogP contribution < -0.4 is 24.3 Å². The molecule has 0 radical (unpaired) electrons. The number of nitrogens with zero attached hydrogens (tertiary/aromatic N) is 2. The third kappa shape index (κ3) is 6.49. The molecule has 1 N–H and O–H groups in total. The molecule has 2 rings (SSSR count). The number of halogens is 2. The van der Waals surface area contributed by atoms with E-state index in [2.05, 4.69) is 15.5 Å². The van der Waals surface area contributed by atoms with E-state index in [-0.39, 0.29) is 16.5 Å². The van der Waals surface area contributed by atoms with Crippen LogP contribution in [0.5, 0.6) is 23.0 Å². The van der Waals surface area contributed by atoms with Gasteiger partial charge in [0.15, 0.2) is 17.3 Å². The van der Waals surface area contributed by atoms with E-state index in [0.29, 0.717) is 41.2 Å². The predicted molar refractivity (Wildman–Crippen MR) is 126 cm³/mol. The number of anilines is 1. The fraction of sp³-hybridized carbons (Fsp3) is 0.364. The van der Waals surface area contributed by atoms with Crippen LogP contribution in [0.2, 0.25) is 10.0 Å². The molecule has 0 aliphatic rings. The van der Waals surface area contributed by atoms with Crippen LogP contribution in [0.3, 0.4) is 0 Å². The van der Waals surface area contributed by atoms with Crippen LogP contribution in [0.1, 0.15) is 20.8 Å². The zero-order chi connectivity index (χ0) is 24.5. The number of ketones is 1. The van der Waals surface area contributed by atoms with E-state index < -0.39 is 17.7 Å².